The van der Waals surface area contributed by atoms with Crippen molar-refractivity contribution in [3.05, 3.63) is 55.9 Å². The molecule has 0 spiro atoms. The van der Waals surface area contributed by atoms with Gasteiger partial charge in [0.2, 0.25) is 0 Å². The van der Waals surface area contributed by atoms with Crippen LogP contribution >= 0.6 is 22.9 Å². The molecule has 0 saturated heterocycles. The molecule has 0 radical (unpaired) electrons. The Morgan fingerprint density at radius 1 is 1.43 bits per heavy atom. The zero-order valence-electron chi connectivity index (χ0n) is 11.6. The van der Waals surface area contributed by atoms with E-state index in [1.807, 2.05) is 12.1 Å². The molecule has 2 rings (SSSR count). The fourth-order valence-corrected chi connectivity index (χ4v) is 3.08. The minimum atomic E-state index is -0.716. The fourth-order valence-electron chi connectivity index (χ4n) is 1.94. The molecule has 5 nitrogen and oxygen atoms in total. The van der Waals surface area contributed by atoms with Gasteiger partial charge in [-0.2, -0.15) is 0 Å². The number of hydrogen-bond acceptors (Lipinski definition) is 5. The quantitative estimate of drug-likeness (QED) is 0.666. The first-order valence-corrected chi connectivity index (χ1v) is 7.49. The Morgan fingerprint density at radius 3 is 2.57 bits per heavy atom. The number of halogens is 1. The van der Waals surface area contributed by atoms with Gasteiger partial charge in [0.15, 0.2) is 5.00 Å². The number of aliphatic hydroxyl groups is 1. The fraction of sp³-hybridized carbons (Fsp3) is 0.286. The summed E-state index contributed by atoms with van der Waals surface area (Å²) in [4.78, 5) is 13.1. The summed E-state index contributed by atoms with van der Waals surface area (Å²) in [5.41, 5.74) is 1.02. The van der Waals surface area contributed by atoms with Crippen molar-refractivity contribution >= 4 is 33.6 Å². The molecule has 2 aromatic rings. The highest BCUT2D eigenvalue weighted by atomic mass is 35.5. The van der Waals surface area contributed by atoms with Gasteiger partial charge in [-0.1, -0.05) is 23.7 Å². The van der Waals surface area contributed by atoms with Crippen molar-refractivity contribution in [3.8, 4) is 0 Å². The number of hydrogen-bond donors (Lipinski definition) is 1. The Kier molecular flexibility index (Phi) is 4.82. The van der Waals surface area contributed by atoms with Crippen molar-refractivity contribution in [2.24, 2.45) is 0 Å². The Morgan fingerprint density at radius 2 is 2.05 bits per heavy atom. The smallest absolute Gasteiger partial charge is 0.304 e. The minimum Gasteiger partial charge on any atom is -0.388 e. The Hall–Kier alpha value is -1.63. The van der Waals surface area contributed by atoms with Crippen molar-refractivity contribution in [1.82, 2.24) is 0 Å². The number of anilines is 1. The van der Waals surface area contributed by atoms with Crippen LogP contribution in [0.4, 0.5) is 10.7 Å². The van der Waals surface area contributed by atoms with Crippen molar-refractivity contribution in [3.63, 3.8) is 0 Å². The number of nitrogens with zero attached hydrogens (tertiary/aromatic N) is 2. The number of aliphatic hydroxyl groups excluding tert-OH is 1. The van der Waals surface area contributed by atoms with E-state index >= 15 is 0 Å². The van der Waals surface area contributed by atoms with E-state index in [4.69, 9.17) is 11.6 Å². The first-order chi connectivity index (χ1) is 9.88. The summed E-state index contributed by atoms with van der Waals surface area (Å²) in [6.07, 6.45) is -0.716. The van der Waals surface area contributed by atoms with E-state index in [0.717, 1.165) is 5.56 Å². The second-order valence-corrected chi connectivity index (χ2v) is 6.25. The lowest BCUT2D eigenvalue weighted by Gasteiger charge is -2.16. The van der Waals surface area contributed by atoms with Gasteiger partial charge < -0.3 is 10.0 Å². The number of thiophene rings is 1. The summed E-state index contributed by atoms with van der Waals surface area (Å²) >= 11 is 7.08. The maximum Gasteiger partial charge on any atom is 0.304 e. The largest absolute Gasteiger partial charge is 0.388 e. The predicted octanol–water partition coefficient (Wildman–Crippen LogP) is 4.00. The summed E-state index contributed by atoms with van der Waals surface area (Å²) in [7, 11) is 1.79. The molecule has 1 atom stereocenters. The van der Waals surface area contributed by atoms with Crippen LogP contribution in [0.15, 0.2) is 30.3 Å². The molecule has 0 saturated carbocycles. The molecule has 1 aromatic carbocycles. The van der Waals surface area contributed by atoms with Gasteiger partial charge in [-0.25, -0.2) is 0 Å². The van der Waals surface area contributed by atoms with Crippen LogP contribution in [-0.2, 0) is 6.54 Å². The van der Waals surface area contributed by atoms with E-state index in [1.54, 1.807) is 31.0 Å². The van der Waals surface area contributed by atoms with Gasteiger partial charge in [-0.3, -0.25) is 10.1 Å². The van der Waals surface area contributed by atoms with Crippen LogP contribution in [0, 0.1) is 10.1 Å². The van der Waals surface area contributed by atoms with Crippen LogP contribution in [-0.4, -0.2) is 17.1 Å². The van der Waals surface area contributed by atoms with Gasteiger partial charge in [0.25, 0.3) is 0 Å². The van der Waals surface area contributed by atoms with Gasteiger partial charge >= 0.3 is 5.69 Å². The number of benzene rings is 1. The van der Waals surface area contributed by atoms with Crippen molar-refractivity contribution < 1.29 is 10.0 Å². The Balaban J connectivity index is 2.27. The highest BCUT2D eigenvalue weighted by Crippen LogP contribution is 2.40. The minimum absolute atomic E-state index is 0.0207. The third-order valence-corrected chi connectivity index (χ3v) is 4.66. The Bertz CT molecular complexity index is 640. The second kappa shape index (κ2) is 6.43. The number of rotatable bonds is 5. The van der Waals surface area contributed by atoms with Crippen LogP contribution in [0.1, 0.15) is 23.5 Å². The average Bonchev–Trinajstić information content (AvgIpc) is 2.87. The predicted molar refractivity (Wildman–Crippen MR) is 85.2 cm³/mol. The average molecular weight is 327 g/mol. The molecule has 0 fully saturated rings. The summed E-state index contributed by atoms with van der Waals surface area (Å²) in [5, 5.41) is 21.9. The zero-order chi connectivity index (χ0) is 15.6. The monoisotopic (exact) mass is 326 g/mol. The summed E-state index contributed by atoms with van der Waals surface area (Å²) in [6, 6.07) is 8.77. The van der Waals surface area contributed by atoms with Crippen LogP contribution in [0.25, 0.3) is 0 Å². The van der Waals surface area contributed by atoms with Gasteiger partial charge in [0, 0.05) is 29.6 Å². The lowest BCUT2D eigenvalue weighted by molar-refractivity contribution is -0.383. The first-order valence-electron chi connectivity index (χ1n) is 6.30. The molecule has 0 aliphatic rings. The van der Waals surface area contributed by atoms with Crippen molar-refractivity contribution in [2.75, 3.05) is 11.9 Å². The third-order valence-electron chi connectivity index (χ3n) is 3.00. The molecule has 7 heteroatoms. The molecular formula is C14H15ClN2O3S. The van der Waals surface area contributed by atoms with Gasteiger partial charge in [-0.15, -0.1) is 11.3 Å². The zero-order valence-corrected chi connectivity index (χ0v) is 13.2. The standard InChI is InChI=1S/C14H15ClN2O3S/c1-9(18)13-7-12(17(19)20)14(21-13)16(2)8-10-3-5-11(15)6-4-10/h3-7,9,18H,8H2,1-2H3/t9-/m0/s1. The molecule has 1 heterocycles. The van der Waals surface area contributed by atoms with Crippen LogP contribution in [0.5, 0.6) is 0 Å². The van der Waals surface area contributed by atoms with Crippen molar-refractivity contribution in [2.45, 2.75) is 19.6 Å². The summed E-state index contributed by atoms with van der Waals surface area (Å²) in [5.74, 6) is 0. The highest BCUT2D eigenvalue weighted by molar-refractivity contribution is 7.16. The van der Waals surface area contributed by atoms with E-state index in [1.165, 1.54) is 17.4 Å². The summed E-state index contributed by atoms with van der Waals surface area (Å²) < 4.78 is 0. The molecule has 112 valence electrons. The van der Waals surface area contributed by atoms with E-state index in [0.29, 0.717) is 21.4 Å². The van der Waals surface area contributed by atoms with E-state index in [9.17, 15) is 15.2 Å². The molecule has 0 aliphatic carbocycles. The van der Waals surface area contributed by atoms with Gasteiger partial charge in [0.1, 0.15) is 0 Å². The number of nitro groups is 1. The molecule has 21 heavy (non-hydrogen) atoms. The molecule has 1 N–H and O–H groups in total. The first kappa shape index (κ1) is 15.8. The molecule has 0 unspecified atom stereocenters. The van der Waals surface area contributed by atoms with E-state index < -0.39 is 11.0 Å². The maximum atomic E-state index is 11.1. The summed E-state index contributed by atoms with van der Waals surface area (Å²) in [6.45, 7) is 2.12. The van der Waals surface area contributed by atoms with Crippen LogP contribution < -0.4 is 4.90 Å². The Labute approximate surface area is 131 Å². The molecule has 1 aromatic heterocycles. The third kappa shape index (κ3) is 3.72. The highest BCUT2D eigenvalue weighted by Gasteiger charge is 2.23. The van der Waals surface area contributed by atoms with Gasteiger partial charge in [-0.05, 0) is 24.6 Å². The van der Waals surface area contributed by atoms with Crippen LogP contribution in [0.2, 0.25) is 5.02 Å². The molecule has 0 amide bonds. The topological polar surface area (TPSA) is 66.6 Å². The second-order valence-electron chi connectivity index (χ2n) is 4.75. The van der Waals surface area contributed by atoms with Gasteiger partial charge in [0.05, 0.1) is 11.0 Å². The van der Waals surface area contributed by atoms with Crippen LogP contribution in [0.3, 0.4) is 0 Å². The van der Waals surface area contributed by atoms with Crippen molar-refractivity contribution in [1.29, 1.82) is 0 Å². The van der Waals surface area contributed by atoms with E-state index in [-0.39, 0.29) is 5.69 Å². The molecule has 0 aliphatic heterocycles. The SMILES string of the molecule is C[C@H](O)c1cc([N+](=O)[O-])c(N(C)Cc2ccc(Cl)cc2)s1. The van der Waals surface area contributed by atoms with E-state index in [2.05, 4.69) is 0 Å². The lowest BCUT2D eigenvalue weighted by atomic mass is 10.2. The lowest BCUT2D eigenvalue weighted by Crippen LogP contribution is -2.16. The molecule has 0 bridgehead atoms. The molecular weight excluding hydrogens is 312 g/mol. The normalized spacial score (nSPS) is 12.2. The maximum absolute atomic E-state index is 11.1.